The van der Waals surface area contributed by atoms with Crippen LogP contribution in [0.1, 0.15) is 37.8 Å². The van der Waals surface area contributed by atoms with Crippen LogP contribution in [0.5, 0.6) is 5.88 Å². The van der Waals surface area contributed by atoms with Crippen LogP contribution in [0.2, 0.25) is 0 Å². The molecule has 0 radical (unpaired) electrons. The maximum atomic E-state index is 5.04. The number of fused-ring (bicyclic) bond motifs is 1. The zero-order chi connectivity index (χ0) is 12.4. The summed E-state index contributed by atoms with van der Waals surface area (Å²) in [5.41, 5.74) is 1.06. The third kappa shape index (κ3) is 2.34. The maximum Gasteiger partial charge on any atom is 0.233 e. The summed E-state index contributed by atoms with van der Waals surface area (Å²) >= 11 is 0. The van der Waals surface area contributed by atoms with Crippen molar-refractivity contribution in [2.45, 2.75) is 44.7 Å². The Hall–Kier alpha value is -1.16. The number of rotatable bonds is 3. The fourth-order valence-corrected chi connectivity index (χ4v) is 3.50. The predicted molar refractivity (Wildman–Crippen MR) is 69.4 cm³/mol. The van der Waals surface area contributed by atoms with Crippen LogP contribution in [0.3, 0.4) is 0 Å². The molecular formula is C14H21N3O. The highest BCUT2D eigenvalue weighted by Crippen LogP contribution is 2.37. The molecule has 0 unspecified atom stereocenters. The number of aromatic nitrogens is 2. The molecule has 18 heavy (non-hydrogen) atoms. The highest BCUT2D eigenvalue weighted by atomic mass is 16.5. The molecule has 2 fully saturated rings. The van der Waals surface area contributed by atoms with Crippen molar-refractivity contribution in [1.82, 2.24) is 15.1 Å². The van der Waals surface area contributed by atoms with Crippen LogP contribution in [0, 0.1) is 5.92 Å². The van der Waals surface area contributed by atoms with Crippen molar-refractivity contribution in [3.63, 3.8) is 0 Å². The highest BCUT2D eigenvalue weighted by Gasteiger charge is 2.34. The van der Waals surface area contributed by atoms with Crippen molar-refractivity contribution >= 4 is 0 Å². The Morgan fingerprint density at radius 1 is 1.22 bits per heavy atom. The van der Waals surface area contributed by atoms with Crippen LogP contribution >= 0.6 is 0 Å². The van der Waals surface area contributed by atoms with Gasteiger partial charge in [-0.25, -0.2) is 0 Å². The van der Waals surface area contributed by atoms with E-state index in [4.69, 9.17) is 4.74 Å². The van der Waals surface area contributed by atoms with Gasteiger partial charge in [0.25, 0.3) is 0 Å². The van der Waals surface area contributed by atoms with E-state index in [0.717, 1.165) is 24.2 Å². The van der Waals surface area contributed by atoms with Gasteiger partial charge >= 0.3 is 0 Å². The minimum Gasteiger partial charge on any atom is -0.480 e. The van der Waals surface area contributed by atoms with Crippen LogP contribution in [-0.2, 0) is 6.54 Å². The molecule has 0 N–H and O–H groups in total. The van der Waals surface area contributed by atoms with E-state index >= 15 is 0 Å². The molecule has 0 bridgehead atoms. The van der Waals surface area contributed by atoms with E-state index in [9.17, 15) is 0 Å². The summed E-state index contributed by atoms with van der Waals surface area (Å²) in [7, 11) is 1.62. The van der Waals surface area contributed by atoms with E-state index in [-0.39, 0.29) is 0 Å². The van der Waals surface area contributed by atoms with Crippen molar-refractivity contribution in [3.05, 3.63) is 17.8 Å². The quantitative estimate of drug-likeness (QED) is 0.821. The molecule has 2 heterocycles. The van der Waals surface area contributed by atoms with Gasteiger partial charge < -0.3 is 4.74 Å². The molecule has 0 amide bonds. The Kier molecular flexibility index (Phi) is 3.46. The average Bonchev–Trinajstić information content (AvgIpc) is 2.89. The molecule has 0 spiro atoms. The Morgan fingerprint density at radius 3 is 2.89 bits per heavy atom. The van der Waals surface area contributed by atoms with E-state index in [1.807, 2.05) is 12.1 Å². The third-order valence-corrected chi connectivity index (χ3v) is 4.38. The zero-order valence-electron chi connectivity index (χ0n) is 11.0. The number of hydrogen-bond acceptors (Lipinski definition) is 4. The molecule has 2 aliphatic rings. The first-order valence-electron chi connectivity index (χ1n) is 6.97. The van der Waals surface area contributed by atoms with Gasteiger partial charge in [0, 0.05) is 18.7 Å². The summed E-state index contributed by atoms with van der Waals surface area (Å²) < 4.78 is 5.04. The second-order valence-electron chi connectivity index (χ2n) is 5.44. The Bertz CT molecular complexity index is 393. The normalized spacial score (nSPS) is 28.1. The third-order valence-electron chi connectivity index (χ3n) is 4.38. The molecule has 3 rings (SSSR count). The predicted octanol–water partition coefficient (Wildman–Crippen LogP) is 2.25. The SMILES string of the molecule is COc1ccc(CN2CCC[C@H]3CCC[C@H]32)nn1. The van der Waals surface area contributed by atoms with E-state index in [2.05, 4.69) is 15.1 Å². The van der Waals surface area contributed by atoms with Crippen molar-refractivity contribution in [3.8, 4) is 5.88 Å². The van der Waals surface area contributed by atoms with E-state index < -0.39 is 0 Å². The number of hydrogen-bond donors (Lipinski definition) is 0. The summed E-state index contributed by atoms with van der Waals surface area (Å²) in [4.78, 5) is 2.61. The van der Waals surface area contributed by atoms with Gasteiger partial charge in [-0.05, 0) is 44.2 Å². The first-order chi connectivity index (χ1) is 8.86. The first kappa shape index (κ1) is 11.9. The standard InChI is InChI=1S/C14H21N3O/c1-18-14-8-7-12(15-16-14)10-17-9-3-5-11-4-2-6-13(11)17/h7-8,11,13H,2-6,9-10H2,1H3/t11-,13-/m1/s1. The van der Waals surface area contributed by atoms with Gasteiger partial charge in [0.05, 0.1) is 12.8 Å². The molecule has 0 aromatic carbocycles. The fraction of sp³-hybridized carbons (Fsp3) is 0.714. The Morgan fingerprint density at radius 2 is 2.11 bits per heavy atom. The van der Waals surface area contributed by atoms with Crippen molar-refractivity contribution in [2.24, 2.45) is 5.92 Å². The molecule has 1 saturated heterocycles. The van der Waals surface area contributed by atoms with Gasteiger partial charge in [0.2, 0.25) is 5.88 Å². The fourth-order valence-electron chi connectivity index (χ4n) is 3.50. The van der Waals surface area contributed by atoms with E-state index in [1.165, 1.54) is 38.6 Å². The molecule has 98 valence electrons. The lowest BCUT2D eigenvalue weighted by Crippen LogP contribution is -2.42. The van der Waals surface area contributed by atoms with Gasteiger partial charge in [-0.15, -0.1) is 5.10 Å². The second-order valence-corrected chi connectivity index (χ2v) is 5.44. The van der Waals surface area contributed by atoms with Gasteiger partial charge in [0.1, 0.15) is 0 Å². The number of piperidine rings is 1. The molecule has 1 saturated carbocycles. The lowest BCUT2D eigenvalue weighted by molar-refractivity contribution is 0.104. The number of ether oxygens (including phenoxy) is 1. The average molecular weight is 247 g/mol. The molecule has 4 heteroatoms. The summed E-state index contributed by atoms with van der Waals surface area (Å²) in [6.07, 6.45) is 6.96. The number of methoxy groups -OCH3 is 1. The Balaban J connectivity index is 1.67. The van der Waals surface area contributed by atoms with Crippen LogP contribution in [0.15, 0.2) is 12.1 Å². The van der Waals surface area contributed by atoms with Crippen molar-refractivity contribution in [2.75, 3.05) is 13.7 Å². The summed E-state index contributed by atoms with van der Waals surface area (Å²) in [6.45, 7) is 2.16. The van der Waals surface area contributed by atoms with Crippen LogP contribution in [0.4, 0.5) is 0 Å². The zero-order valence-corrected chi connectivity index (χ0v) is 11.0. The Labute approximate surface area is 108 Å². The van der Waals surface area contributed by atoms with Gasteiger partial charge in [-0.3, -0.25) is 4.90 Å². The lowest BCUT2D eigenvalue weighted by atomic mass is 9.92. The lowest BCUT2D eigenvalue weighted by Gasteiger charge is -2.37. The van der Waals surface area contributed by atoms with Crippen LogP contribution in [-0.4, -0.2) is 34.8 Å². The molecule has 1 aliphatic carbocycles. The van der Waals surface area contributed by atoms with E-state index in [0.29, 0.717) is 5.88 Å². The van der Waals surface area contributed by atoms with E-state index in [1.54, 1.807) is 7.11 Å². The summed E-state index contributed by atoms with van der Waals surface area (Å²) in [5.74, 6) is 1.53. The highest BCUT2D eigenvalue weighted by molar-refractivity contribution is 5.11. The minimum absolute atomic E-state index is 0.594. The minimum atomic E-state index is 0.594. The number of nitrogens with zero attached hydrogens (tertiary/aromatic N) is 3. The first-order valence-corrected chi connectivity index (χ1v) is 6.97. The molecule has 1 aliphatic heterocycles. The van der Waals surface area contributed by atoms with Crippen molar-refractivity contribution in [1.29, 1.82) is 0 Å². The van der Waals surface area contributed by atoms with Crippen molar-refractivity contribution < 1.29 is 4.74 Å². The summed E-state index contributed by atoms with van der Waals surface area (Å²) in [5, 5.41) is 8.29. The second kappa shape index (κ2) is 5.22. The van der Waals surface area contributed by atoms with Gasteiger partial charge in [-0.2, -0.15) is 5.10 Å². The molecule has 1 aromatic heterocycles. The smallest absolute Gasteiger partial charge is 0.233 e. The molecular weight excluding hydrogens is 226 g/mol. The summed E-state index contributed by atoms with van der Waals surface area (Å²) in [6, 6.07) is 4.73. The topological polar surface area (TPSA) is 38.2 Å². The maximum absolute atomic E-state index is 5.04. The molecule has 2 atom stereocenters. The molecule has 1 aromatic rings. The molecule has 4 nitrogen and oxygen atoms in total. The van der Waals surface area contributed by atoms with Gasteiger partial charge in [-0.1, -0.05) is 6.42 Å². The monoisotopic (exact) mass is 247 g/mol. The van der Waals surface area contributed by atoms with Gasteiger partial charge in [0.15, 0.2) is 0 Å². The van der Waals surface area contributed by atoms with Crippen LogP contribution < -0.4 is 4.74 Å². The number of likely N-dealkylation sites (tertiary alicyclic amines) is 1. The van der Waals surface area contributed by atoms with Crippen LogP contribution in [0.25, 0.3) is 0 Å². The largest absolute Gasteiger partial charge is 0.480 e.